The van der Waals surface area contributed by atoms with Crippen LogP contribution in [0.1, 0.15) is 64.7 Å². The van der Waals surface area contributed by atoms with Crippen molar-refractivity contribution in [3.05, 3.63) is 0 Å². The van der Waals surface area contributed by atoms with E-state index in [0.29, 0.717) is 11.8 Å². The van der Waals surface area contributed by atoms with E-state index in [4.69, 9.17) is 0 Å². The molecular formula is C13H24O. The van der Waals surface area contributed by atoms with Crippen LogP contribution in [0.4, 0.5) is 0 Å². The summed E-state index contributed by atoms with van der Waals surface area (Å²) in [4.78, 5) is 11.0. The van der Waals surface area contributed by atoms with E-state index in [-0.39, 0.29) is 0 Å². The third kappa shape index (κ3) is 3.81. The molecule has 0 radical (unpaired) electrons. The fraction of sp³-hybridized carbons (Fsp3) is 0.923. The number of unbranched alkanes of at least 4 members (excludes halogenated alkanes) is 1. The number of hydrogen-bond acceptors (Lipinski definition) is 1. The van der Waals surface area contributed by atoms with Crippen LogP contribution in [0.15, 0.2) is 0 Å². The molecule has 1 unspecified atom stereocenters. The van der Waals surface area contributed by atoms with Crippen LogP contribution in [0.25, 0.3) is 0 Å². The first kappa shape index (κ1) is 11.7. The van der Waals surface area contributed by atoms with Crippen molar-refractivity contribution >= 4 is 6.29 Å². The normalized spacial score (nSPS) is 21.5. The van der Waals surface area contributed by atoms with Gasteiger partial charge in [-0.1, -0.05) is 45.4 Å². The summed E-state index contributed by atoms with van der Waals surface area (Å²) >= 11 is 0. The second-order valence-electron chi connectivity index (χ2n) is 4.69. The second kappa shape index (κ2) is 7.03. The maximum Gasteiger partial charge on any atom is 0.123 e. The number of rotatable bonds is 5. The van der Waals surface area contributed by atoms with Crippen molar-refractivity contribution in [1.82, 2.24) is 0 Å². The molecule has 1 aliphatic rings. The fourth-order valence-corrected chi connectivity index (χ4v) is 2.59. The van der Waals surface area contributed by atoms with Crippen molar-refractivity contribution < 1.29 is 4.79 Å². The van der Waals surface area contributed by atoms with Crippen molar-refractivity contribution in [1.29, 1.82) is 0 Å². The molecule has 14 heavy (non-hydrogen) atoms. The monoisotopic (exact) mass is 196 g/mol. The highest BCUT2D eigenvalue weighted by Crippen LogP contribution is 2.30. The molecule has 0 bridgehead atoms. The average Bonchev–Trinajstić information content (AvgIpc) is 2.48. The molecule has 0 aromatic heterocycles. The minimum atomic E-state index is 0.369. The molecule has 1 heteroatoms. The number of hydrogen-bond donors (Lipinski definition) is 0. The zero-order valence-electron chi connectivity index (χ0n) is 9.50. The zero-order chi connectivity index (χ0) is 10.2. The van der Waals surface area contributed by atoms with Gasteiger partial charge >= 0.3 is 0 Å². The standard InChI is InChI=1S/C13H24O/c1-2-3-8-13(11-14)12-9-6-4-5-7-10-12/h11-13H,2-10H2,1H3. The van der Waals surface area contributed by atoms with E-state index in [2.05, 4.69) is 6.92 Å². The molecule has 1 rings (SSSR count). The molecule has 0 saturated heterocycles. The Kier molecular flexibility index (Phi) is 5.89. The Morgan fingerprint density at radius 3 is 2.36 bits per heavy atom. The summed E-state index contributed by atoms with van der Waals surface area (Å²) in [7, 11) is 0. The first-order chi connectivity index (χ1) is 6.88. The van der Waals surface area contributed by atoms with Crippen LogP contribution in [0.5, 0.6) is 0 Å². The van der Waals surface area contributed by atoms with E-state index in [1.54, 1.807) is 0 Å². The lowest BCUT2D eigenvalue weighted by atomic mass is 9.84. The third-order valence-electron chi connectivity index (χ3n) is 3.57. The van der Waals surface area contributed by atoms with Gasteiger partial charge < -0.3 is 4.79 Å². The van der Waals surface area contributed by atoms with Gasteiger partial charge in [0.25, 0.3) is 0 Å². The Bertz CT molecular complexity index is 145. The molecule has 0 N–H and O–H groups in total. The Labute approximate surface area is 88.3 Å². The summed E-state index contributed by atoms with van der Waals surface area (Å²) in [5.41, 5.74) is 0. The summed E-state index contributed by atoms with van der Waals surface area (Å²) in [6.07, 6.45) is 12.9. The number of carbonyl (C=O) groups is 1. The van der Waals surface area contributed by atoms with Crippen LogP contribution in [0.2, 0.25) is 0 Å². The number of aldehydes is 1. The topological polar surface area (TPSA) is 17.1 Å². The van der Waals surface area contributed by atoms with Crippen molar-refractivity contribution in [2.24, 2.45) is 11.8 Å². The van der Waals surface area contributed by atoms with Crippen LogP contribution in [-0.2, 0) is 4.79 Å². The maximum absolute atomic E-state index is 11.0. The van der Waals surface area contributed by atoms with Gasteiger partial charge in [0, 0.05) is 5.92 Å². The Hall–Kier alpha value is -0.330. The zero-order valence-corrected chi connectivity index (χ0v) is 9.50. The lowest BCUT2D eigenvalue weighted by Crippen LogP contribution is -2.15. The molecule has 0 aliphatic heterocycles. The Morgan fingerprint density at radius 1 is 1.21 bits per heavy atom. The molecule has 1 aliphatic carbocycles. The van der Waals surface area contributed by atoms with Gasteiger partial charge in [-0.2, -0.15) is 0 Å². The predicted octanol–water partition coefficient (Wildman–Crippen LogP) is 3.96. The summed E-state index contributed by atoms with van der Waals surface area (Å²) in [5.74, 6) is 1.08. The van der Waals surface area contributed by atoms with Gasteiger partial charge in [0.2, 0.25) is 0 Å². The number of carbonyl (C=O) groups excluding carboxylic acids is 1. The predicted molar refractivity (Wildman–Crippen MR) is 60.3 cm³/mol. The van der Waals surface area contributed by atoms with E-state index in [1.165, 1.54) is 57.7 Å². The minimum Gasteiger partial charge on any atom is -0.303 e. The lowest BCUT2D eigenvalue weighted by Gasteiger charge is -2.20. The molecule has 0 aromatic rings. The van der Waals surface area contributed by atoms with Gasteiger partial charge in [-0.05, 0) is 25.2 Å². The summed E-state index contributed by atoms with van der Waals surface area (Å²) in [6.45, 7) is 2.20. The second-order valence-corrected chi connectivity index (χ2v) is 4.69. The van der Waals surface area contributed by atoms with Crippen molar-refractivity contribution in [2.75, 3.05) is 0 Å². The molecule has 1 saturated carbocycles. The largest absolute Gasteiger partial charge is 0.303 e. The van der Waals surface area contributed by atoms with Gasteiger partial charge in [0.1, 0.15) is 6.29 Å². The van der Waals surface area contributed by atoms with Crippen molar-refractivity contribution in [2.45, 2.75) is 64.7 Å². The van der Waals surface area contributed by atoms with Crippen molar-refractivity contribution in [3.8, 4) is 0 Å². The van der Waals surface area contributed by atoms with Crippen LogP contribution in [0, 0.1) is 11.8 Å². The highest BCUT2D eigenvalue weighted by Gasteiger charge is 2.21. The molecule has 1 atom stereocenters. The lowest BCUT2D eigenvalue weighted by molar-refractivity contribution is -0.113. The van der Waals surface area contributed by atoms with E-state index < -0.39 is 0 Å². The van der Waals surface area contributed by atoms with Gasteiger partial charge in [-0.25, -0.2) is 0 Å². The SMILES string of the molecule is CCCCC(C=O)C1CCCCCC1. The molecule has 0 heterocycles. The van der Waals surface area contributed by atoms with Crippen LogP contribution >= 0.6 is 0 Å². The summed E-state index contributed by atoms with van der Waals surface area (Å²) < 4.78 is 0. The first-order valence-corrected chi connectivity index (χ1v) is 6.33. The highest BCUT2D eigenvalue weighted by atomic mass is 16.1. The van der Waals surface area contributed by atoms with Gasteiger partial charge in [-0.3, -0.25) is 0 Å². The maximum atomic E-state index is 11.0. The summed E-state index contributed by atoms with van der Waals surface area (Å²) in [5, 5.41) is 0. The quantitative estimate of drug-likeness (QED) is 0.480. The van der Waals surface area contributed by atoms with E-state index >= 15 is 0 Å². The molecule has 1 fully saturated rings. The van der Waals surface area contributed by atoms with Gasteiger partial charge in [0.15, 0.2) is 0 Å². The third-order valence-corrected chi connectivity index (χ3v) is 3.57. The smallest absolute Gasteiger partial charge is 0.123 e. The van der Waals surface area contributed by atoms with Crippen LogP contribution in [-0.4, -0.2) is 6.29 Å². The van der Waals surface area contributed by atoms with E-state index in [0.717, 1.165) is 6.42 Å². The average molecular weight is 196 g/mol. The van der Waals surface area contributed by atoms with Crippen LogP contribution in [0.3, 0.4) is 0 Å². The van der Waals surface area contributed by atoms with Crippen LogP contribution < -0.4 is 0 Å². The minimum absolute atomic E-state index is 0.369. The molecular weight excluding hydrogens is 172 g/mol. The first-order valence-electron chi connectivity index (χ1n) is 6.33. The molecule has 0 amide bonds. The highest BCUT2D eigenvalue weighted by molar-refractivity contribution is 5.53. The van der Waals surface area contributed by atoms with E-state index in [9.17, 15) is 4.79 Å². The van der Waals surface area contributed by atoms with Gasteiger partial charge in [-0.15, -0.1) is 0 Å². The molecule has 82 valence electrons. The Balaban J connectivity index is 2.36. The Morgan fingerprint density at radius 2 is 1.86 bits per heavy atom. The van der Waals surface area contributed by atoms with Gasteiger partial charge in [0.05, 0.1) is 0 Å². The molecule has 1 nitrogen and oxygen atoms in total. The van der Waals surface area contributed by atoms with Crippen molar-refractivity contribution in [3.63, 3.8) is 0 Å². The summed E-state index contributed by atoms with van der Waals surface area (Å²) in [6, 6.07) is 0. The van der Waals surface area contributed by atoms with E-state index in [1.807, 2.05) is 0 Å². The fourth-order valence-electron chi connectivity index (χ4n) is 2.59. The molecule has 0 spiro atoms. The molecule has 0 aromatic carbocycles.